The van der Waals surface area contributed by atoms with Crippen molar-refractivity contribution in [1.29, 1.82) is 0 Å². The maximum absolute atomic E-state index is 6.05. The van der Waals surface area contributed by atoms with Gasteiger partial charge in [-0.15, -0.1) is 0 Å². The van der Waals surface area contributed by atoms with Gasteiger partial charge in [-0.05, 0) is 54.9 Å². The topological polar surface area (TPSA) is 12.5 Å². The van der Waals surface area contributed by atoms with Crippen molar-refractivity contribution in [2.45, 2.75) is 78.2 Å². The molecule has 1 fully saturated rings. The molecule has 2 atom stereocenters. The Labute approximate surface area is 95.0 Å². The zero-order chi connectivity index (χ0) is 11.9. The number of hydrogen-bond acceptors (Lipinski definition) is 2. The van der Waals surface area contributed by atoms with Crippen molar-refractivity contribution in [2.24, 2.45) is 0 Å². The van der Waals surface area contributed by atoms with Crippen LogP contribution in [0.25, 0.3) is 0 Å². The fourth-order valence-electron chi connectivity index (χ4n) is 2.50. The molecule has 0 amide bonds. The first-order chi connectivity index (χ1) is 6.59. The van der Waals surface area contributed by atoms with E-state index in [1.165, 1.54) is 0 Å². The SMILES string of the molecule is C[C@H]1C[C@H](OC(C)(C)C)CN1C(C)(C)C. The van der Waals surface area contributed by atoms with Gasteiger partial charge in [-0.1, -0.05) is 0 Å². The average molecular weight is 213 g/mol. The Balaban J connectivity index is 2.57. The summed E-state index contributed by atoms with van der Waals surface area (Å²) in [6.07, 6.45) is 1.56. The number of ether oxygens (including phenoxy) is 1. The summed E-state index contributed by atoms with van der Waals surface area (Å²) in [5.74, 6) is 0. The molecule has 0 aromatic carbocycles. The molecule has 2 nitrogen and oxygen atoms in total. The van der Waals surface area contributed by atoms with Gasteiger partial charge in [0, 0.05) is 18.1 Å². The maximum atomic E-state index is 6.05. The Morgan fingerprint density at radius 2 is 1.60 bits per heavy atom. The predicted molar refractivity (Wildman–Crippen MR) is 65.2 cm³/mol. The summed E-state index contributed by atoms with van der Waals surface area (Å²) in [7, 11) is 0. The average Bonchev–Trinajstić information content (AvgIpc) is 2.25. The summed E-state index contributed by atoms with van der Waals surface area (Å²) in [4.78, 5) is 2.55. The van der Waals surface area contributed by atoms with E-state index < -0.39 is 0 Å². The van der Waals surface area contributed by atoms with Crippen LogP contribution < -0.4 is 0 Å². The van der Waals surface area contributed by atoms with Crippen LogP contribution in [0.1, 0.15) is 54.9 Å². The molecule has 0 saturated carbocycles. The van der Waals surface area contributed by atoms with Gasteiger partial charge < -0.3 is 4.74 Å². The van der Waals surface area contributed by atoms with Crippen molar-refractivity contribution in [3.05, 3.63) is 0 Å². The highest BCUT2D eigenvalue weighted by Crippen LogP contribution is 2.29. The van der Waals surface area contributed by atoms with Crippen molar-refractivity contribution in [3.63, 3.8) is 0 Å². The quantitative estimate of drug-likeness (QED) is 0.664. The van der Waals surface area contributed by atoms with E-state index >= 15 is 0 Å². The van der Waals surface area contributed by atoms with Crippen molar-refractivity contribution in [2.75, 3.05) is 6.54 Å². The number of hydrogen-bond donors (Lipinski definition) is 0. The molecular weight excluding hydrogens is 186 g/mol. The highest BCUT2D eigenvalue weighted by atomic mass is 16.5. The Morgan fingerprint density at radius 3 is 1.93 bits per heavy atom. The second-order valence-electron chi connectivity index (χ2n) is 6.76. The molecule has 1 saturated heterocycles. The summed E-state index contributed by atoms with van der Waals surface area (Å²) < 4.78 is 6.05. The molecule has 0 spiro atoms. The molecule has 0 aromatic rings. The molecule has 1 aliphatic rings. The minimum Gasteiger partial charge on any atom is -0.371 e. The lowest BCUT2D eigenvalue weighted by atomic mass is 10.1. The molecule has 1 aliphatic heterocycles. The molecule has 0 unspecified atom stereocenters. The number of rotatable bonds is 1. The van der Waals surface area contributed by atoms with Crippen LogP contribution in [0, 0.1) is 0 Å². The number of likely N-dealkylation sites (tertiary alicyclic amines) is 1. The molecule has 2 heteroatoms. The molecule has 15 heavy (non-hydrogen) atoms. The normalized spacial score (nSPS) is 29.8. The second kappa shape index (κ2) is 4.06. The minimum atomic E-state index is -0.0156. The van der Waals surface area contributed by atoms with Crippen molar-refractivity contribution in [1.82, 2.24) is 4.90 Å². The van der Waals surface area contributed by atoms with Crippen LogP contribution in [-0.2, 0) is 4.74 Å². The Kier molecular flexibility index (Phi) is 3.52. The lowest BCUT2D eigenvalue weighted by Crippen LogP contribution is -2.44. The Hall–Kier alpha value is -0.0800. The van der Waals surface area contributed by atoms with Gasteiger partial charge in [0.05, 0.1) is 11.7 Å². The molecule has 0 bridgehead atoms. The summed E-state index contributed by atoms with van der Waals surface area (Å²) in [5.41, 5.74) is 0.244. The van der Waals surface area contributed by atoms with E-state index in [-0.39, 0.29) is 11.1 Å². The van der Waals surface area contributed by atoms with Crippen LogP contribution in [0.5, 0.6) is 0 Å². The lowest BCUT2D eigenvalue weighted by molar-refractivity contribution is -0.0567. The fraction of sp³-hybridized carbons (Fsp3) is 1.00. The van der Waals surface area contributed by atoms with Crippen molar-refractivity contribution < 1.29 is 4.74 Å². The third-order valence-electron chi connectivity index (χ3n) is 2.92. The van der Waals surface area contributed by atoms with Gasteiger partial charge >= 0.3 is 0 Å². The molecule has 1 heterocycles. The van der Waals surface area contributed by atoms with E-state index in [4.69, 9.17) is 4.74 Å². The monoisotopic (exact) mass is 213 g/mol. The summed E-state index contributed by atoms with van der Waals surface area (Å²) in [6, 6.07) is 0.636. The molecule has 1 rings (SSSR count). The van der Waals surface area contributed by atoms with E-state index in [1.807, 2.05) is 0 Å². The standard InChI is InChI=1S/C13H27NO/c1-10-8-11(15-13(5,6)7)9-14(10)12(2,3)4/h10-11H,8-9H2,1-7H3/t10-,11-/m0/s1. The first-order valence-corrected chi connectivity index (χ1v) is 6.04. The van der Waals surface area contributed by atoms with Gasteiger partial charge in [0.1, 0.15) is 0 Å². The summed E-state index contributed by atoms with van der Waals surface area (Å²) in [6.45, 7) is 16.6. The molecule has 90 valence electrons. The van der Waals surface area contributed by atoms with E-state index in [9.17, 15) is 0 Å². The van der Waals surface area contributed by atoms with Crippen LogP contribution in [-0.4, -0.2) is 34.7 Å². The van der Waals surface area contributed by atoms with Gasteiger partial charge in [0.15, 0.2) is 0 Å². The molecule has 0 radical (unpaired) electrons. The third kappa shape index (κ3) is 3.76. The fourth-order valence-corrected chi connectivity index (χ4v) is 2.50. The smallest absolute Gasteiger partial charge is 0.0724 e. The summed E-state index contributed by atoms with van der Waals surface area (Å²) >= 11 is 0. The van der Waals surface area contributed by atoms with E-state index in [0.29, 0.717) is 12.1 Å². The van der Waals surface area contributed by atoms with Crippen LogP contribution in [0.3, 0.4) is 0 Å². The lowest BCUT2D eigenvalue weighted by Gasteiger charge is -2.35. The maximum Gasteiger partial charge on any atom is 0.0724 e. The van der Waals surface area contributed by atoms with Gasteiger partial charge in [0.25, 0.3) is 0 Å². The highest BCUT2D eigenvalue weighted by Gasteiger charge is 2.37. The molecule has 0 aliphatic carbocycles. The predicted octanol–water partition coefficient (Wildman–Crippen LogP) is 3.06. The molecule has 0 aromatic heterocycles. The van der Waals surface area contributed by atoms with Crippen LogP contribution in [0.2, 0.25) is 0 Å². The van der Waals surface area contributed by atoms with Gasteiger partial charge in [-0.3, -0.25) is 4.90 Å². The first-order valence-electron chi connectivity index (χ1n) is 6.04. The minimum absolute atomic E-state index is 0.0156. The first kappa shape index (κ1) is 13.0. The van der Waals surface area contributed by atoms with Crippen LogP contribution in [0.15, 0.2) is 0 Å². The Bertz CT molecular complexity index is 212. The zero-order valence-corrected chi connectivity index (χ0v) is 11.4. The van der Waals surface area contributed by atoms with E-state index in [0.717, 1.165) is 13.0 Å². The molecule has 0 N–H and O–H groups in total. The highest BCUT2D eigenvalue weighted by molar-refractivity contribution is 4.91. The second-order valence-corrected chi connectivity index (χ2v) is 6.76. The van der Waals surface area contributed by atoms with Gasteiger partial charge in [-0.25, -0.2) is 0 Å². The van der Waals surface area contributed by atoms with E-state index in [1.54, 1.807) is 0 Å². The largest absolute Gasteiger partial charge is 0.371 e. The molecular formula is C13H27NO. The van der Waals surface area contributed by atoms with E-state index in [2.05, 4.69) is 53.4 Å². The van der Waals surface area contributed by atoms with Gasteiger partial charge in [0.2, 0.25) is 0 Å². The number of nitrogens with zero attached hydrogens (tertiary/aromatic N) is 1. The van der Waals surface area contributed by atoms with Crippen molar-refractivity contribution in [3.8, 4) is 0 Å². The van der Waals surface area contributed by atoms with Crippen LogP contribution >= 0.6 is 0 Å². The zero-order valence-electron chi connectivity index (χ0n) is 11.4. The van der Waals surface area contributed by atoms with Gasteiger partial charge in [-0.2, -0.15) is 0 Å². The summed E-state index contributed by atoms with van der Waals surface area (Å²) in [5, 5.41) is 0. The Morgan fingerprint density at radius 1 is 1.07 bits per heavy atom. The van der Waals surface area contributed by atoms with Crippen LogP contribution in [0.4, 0.5) is 0 Å². The van der Waals surface area contributed by atoms with Crippen molar-refractivity contribution >= 4 is 0 Å². The third-order valence-corrected chi connectivity index (χ3v) is 2.92.